The maximum absolute atomic E-state index is 11.0. The van der Waals surface area contributed by atoms with Gasteiger partial charge < -0.3 is 30.3 Å². The highest BCUT2D eigenvalue weighted by atomic mass is 16.5. The molecule has 0 aromatic heterocycles. The van der Waals surface area contributed by atoms with E-state index in [1.54, 1.807) is 19.1 Å². The van der Waals surface area contributed by atoms with Crippen LogP contribution in [0.25, 0.3) is 0 Å². The van der Waals surface area contributed by atoms with Crippen molar-refractivity contribution >= 4 is 5.97 Å². The fraction of sp³-hybridized carbons (Fsp3) is 0.679. The van der Waals surface area contributed by atoms with Crippen molar-refractivity contribution < 1.29 is 35.1 Å². The summed E-state index contributed by atoms with van der Waals surface area (Å²) < 4.78 is 5.96. The molecule has 200 valence electrons. The maximum atomic E-state index is 11.0. The summed E-state index contributed by atoms with van der Waals surface area (Å²) in [6.07, 6.45) is 10.9. The molecule has 1 fully saturated rings. The maximum Gasteiger partial charge on any atom is 0.306 e. The third-order valence-electron chi connectivity index (χ3n) is 6.54. The van der Waals surface area contributed by atoms with E-state index in [0.29, 0.717) is 19.3 Å². The second-order valence-electron chi connectivity index (χ2n) is 10.1. The highest BCUT2D eigenvalue weighted by molar-refractivity contribution is 5.69. The third-order valence-corrected chi connectivity index (χ3v) is 6.54. The normalized spacial score (nSPS) is 25.3. The Kier molecular flexibility index (Phi) is 14.4. The van der Waals surface area contributed by atoms with Crippen molar-refractivity contribution in [2.24, 2.45) is 17.8 Å². The average molecular weight is 495 g/mol. The standard InChI is InChI=1S/C28H46O7/c1-6-7-8-9-22(29)16-25(31)27(32)24(30)13-11-20(4)26-17-23(35-26)12-10-18(2)14-19(3)15-21(5)28(33)34/h6-10,12,14,19-27,29-32H,11,13,15-17H2,1-5H3,(H,33,34)/b7-6+,9-8+,12-10+,18-14+. The molecule has 1 aliphatic rings. The number of ether oxygens (including phenoxy) is 1. The highest BCUT2D eigenvalue weighted by Gasteiger charge is 2.33. The van der Waals surface area contributed by atoms with E-state index < -0.39 is 30.4 Å². The number of aliphatic hydroxyl groups is 4. The lowest BCUT2D eigenvalue weighted by atomic mass is 9.87. The molecule has 0 amide bonds. The van der Waals surface area contributed by atoms with Crippen LogP contribution in [0.1, 0.15) is 66.7 Å². The van der Waals surface area contributed by atoms with Crippen molar-refractivity contribution in [2.45, 2.75) is 103 Å². The molecular formula is C28H46O7. The number of hydrogen-bond donors (Lipinski definition) is 5. The molecule has 1 rings (SSSR count). The first-order chi connectivity index (χ1) is 16.4. The Bertz CT molecular complexity index is 736. The number of carboxylic acids is 1. The SMILES string of the molecule is C/C=C/C=C/C(O)CC(O)C(O)C(O)CCC(C)C1CC(/C=C/C(C)=C/C(C)CC(C)C(=O)O)O1. The first-order valence-electron chi connectivity index (χ1n) is 12.7. The Hall–Kier alpha value is -1.77. The first-order valence-corrected chi connectivity index (χ1v) is 12.7. The van der Waals surface area contributed by atoms with Crippen LogP contribution in [0.3, 0.4) is 0 Å². The number of carbonyl (C=O) groups is 1. The van der Waals surface area contributed by atoms with E-state index in [1.807, 2.05) is 45.9 Å². The van der Waals surface area contributed by atoms with Crippen LogP contribution in [0.2, 0.25) is 0 Å². The van der Waals surface area contributed by atoms with Crippen molar-refractivity contribution in [2.75, 3.05) is 0 Å². The van der Waals surface area contributed by atoms with Crippen LogP contribution in [0.5, 0.6) is 0 Å². The van der Waals surface area contributed by atoms with Crippen LogP contribution in [0.15, 0.2) is 48.1 Å². The predicted octanol–water partition coefficient (Wildman–Crippen LogP) is 3.78. The van der Waals surface area contributed by atoms with E-state index in [0.717, 1.165) is 12.0 Å². The third kappa shape index (κ3) is 12.2. The zero-order valence-electron chi connectivity index (χ0n) is 21.8. The minimum atomic E-state index is -1.32. The van der Waals surface area contributed by atoms with Gasteiger partial charge in [0.15, 0.2) is 0 Å². The fourth-order valence-electron chi connectivity index (χ4n) is 4.24. The monoisotopic (exact) mass is 494 g/mol. The summed E-state index contributed by atoms with van der Waals surface area (Å²) in [4.78, 5) is 11.0. The second-order valence-corrected chi connectivity index (χ2v) is 10.1. The molecule has 0 radical (unpaired) electrons. The van der Waals surface area contributed by atoms with Gasteiger partial charge in [0, 0.05) is 12.8 Å². The minimum absolute atomic E-state index is 0.0356. The Labute approximate surface area is 210 Å². The molecule has 7 nitrogen and oxygen atoms in total. The molecule has 1 heterocycles. The summed E-state index contributed by atoms with van der Waals surface area (Å²) >= 11 is 0. The van der Waals surface area contributed by atoms with Crippen molar-refractivity contribution in [3.63, 3.8) is 0 Å². The molecule has 0 aliphatic carbocycles. The van der Waals surface area contributed by atoms with Crippen LogP contribution in [0.4, 0.5) is 0 Å². The number of carboxylic acid groups (broad SMARTS) is 1. The number of aliphatic hydroxyl groups excluding tert-OH is 4. The van der Waals surface area contributed by atoms with Crippen LogP contribution in [-0.2, 0) is 9.53 Å². The summed E-state index contributed by atoms with van der Waals surface area (Å²) in [5, 5.41) is 49.5. The molecule has 1 aliphatic heterocycles. The number of hydrogen-bond acceptors (Lipinski definition) is 6. The van der Waals surface area contributed by atoms with E-state index in [9.17, 15) is 25.2 Å². The smallest absolute Gasteiger partial charge is 0.306 e. The molecule has 0 aromatic carbocycles. The molecule has 0 spiro atoms. The van der Waals surface area contributed by atoms with Gasteiger partial charge >= 0.3 is 5.97 Å². The van der Waals surface area contributed by atoms with Gasteiger partial charge in [-0.1, -0.05) is 68.9 Å². The minimum Gasteiger partial charge on any atom is -0.481 e. The molecule has 9 atom stereocenters. The van der Waals surface area contributed by atoms with Gasteiger partial charge in [-0.3, -0.25) is 4.79 Å². The van der Waals surface area contributed by atoms with Crippen molar-refractivity contribution in [1.29, 1.82) is 0 Å². The molecule has 7 heteroatoms. The van der Waals surface area contributed by atoms with Crippen LogP contribution >= 0.6 is 0 Å². The molecule has 9 unspecified atom stereocenters. The summed E-state index contributed by atoms with van der Waals surface area (Å²) in [6, 6.07) is 0. The van der Waals surface area contributed by atoms with Crippen molar-refractivity contribution in [1.82, 2.24) is 0 Å². The lowest BCUT2D eigenvalue weighted by Crippen LogP contribution is -2.42. The quantitative estimate of drug-likeness (QED) is 0.207. The summed E-state index contributed by atoms with van der Waals surface area (Å²) in [6.45, 7) is 9.64. The van der Waals surface area contributed by atoms with Gasteiger partial charge in [0.1, 0.15) is 6.10 Å². The van der Waals surface area contributed by atoms with E-state index >= 15 is 0 Å². The van der Waals surface area contributed by atoms with Crippen molar-refractivity contribution in [3.8, 4) is 0 Å². The molecule has 0 bridgehead atoms. The Morgan fingerprint density at radius 1 is 1.03 bits per heavy atom. The zero-order valence-corrected chi connectivity index (χ0v) is 21.8. The van der Waals surface area contributed by atoms with Gasteiger partial charge in [-0.2, -0.15) is 0 Å². The van der Waals surface area contributed by atoms with Crippen LogP contribution in [-0.4, -0.2) is 68.1 Å². The lowest BCUT2D eigenvalue weighted by Gasteiger charge is -2.38. The fourth-order valence-corrected chi connectivity index (χ4v) is 4.24. The van der Waals surface area contributed by atoms with Gasteiger partial charge in [-0.05, 0) is 44.9 Å². The Morgan fingerprint density at radius 2 is 1.69 bits per heavy atom. The van der Waals surface area contributed by atoms with Crippen LogP contribution in [0, 0.1) is 17.8 Å². The van der Waals surface area contributed by atoms with Gasteiger partial charge in [0.2, 0.25) is 0 Å². The van der Waals surface area contributed by atoms with Crippen LogP contribution < -0.4 is 0 Å². The first kappa shape index (κ1) is 31.3. The van der Waals surface area contributed by atoms with Gasteiger partial charge in [0.25, 0.3) is 0 Å². The van der Waals surface area contributed by atoms with E-state index in [-0.39, 0.29) is 36.4 Å². The molecule has 5 N–H and O–H groups in total. The van der Waals surface area contributed by atoms with E-state index in [2.05, 4.69) is 6.08 Å². The molecule has 1 saturated heterocycles. The topological polar surface area (TPSA) is 127 Å². The largest absolute Gasteiger partial charge is 0.481 e. The Morgan fingerprint density at radius 3 is 2.29 bits per heavy atom. The molecule has 0 saturated carbocycles. The molecule has 35 heavy (non-hydrogen) atoms. The zero-order chi connectivity index (χ0) is 26.5. The summed E-state index contributed by atoms with van der Waals surface area (Å²) in [5.74, 6) is -0.761. The average Bonchev–Trinajstić information content (AvgIpc) is 2.75. The summed E-state index contributed by atoms with van der Waals surface area (Å²) in [5.41, 5.74) is 1.08. The second kappa shape index (κ2) is 16.1. The van der Waals surface area contributed by atoms with Gasteiger partial charge in [-0.15, -0.1) is 0 Å². The van der Waals surface area contributed by atoms with Gasteiger partial charge in [-0.25, -0.2) is 0 Å². The number of rotatable bonds is 16. The highest BCUT2D eigenvalue weighted by Crippen LogP contribution is 2.31. The van der Waals surface area contributed by atoms with Crippen molar-refractivity contribution in [3.05, 3.63) is 48.1 Å². The molecular weight excluding hydrogens is 448 g/mol. The number of allylic oxidation sites excluding steroid dienone is 6. The summed E-state index contributed by atoms with van der Waals surface area (Å²) in [7, 11) is 0. The molecule has 0 aromatic rings. The van der Waals surface area contributed by atoms with E-state index in [4.69, 9.17) is 9.84 Å². The van der Waals surface area contributed by atoms with E-state index in [1.165, 1.54) is 6.08 Å². The number of aliphatic carboxylic acids is 1. The lowest BCUT2D eigenvalue weighted by molar-refractivity contribution is -0.141. The Balaban J connectivity index is 2.36. The predicted molar refractivity (Wildman–Crippen MR) is 138 cm³/mol. The van der Waals surface area contributed by atoms with Gasteiger partial charge in [0.05, 0.1) is 36.4 Å².